The van der Waals surface area contributed by atoms with Crippen LogP contribution in [0.25, 0.3) is 0 Å². The van der Waals surface area contributed by atoms with Gasteiger partial charge < -0.3 is 5.32 Å². The molecule has 6 nitrogen and oxygen atoms in total. The Morgan fingerprint density at radius 2 is 2.14 bits per heavy atom. The van der Waals surface area contributed by atoms with E-state index in [1.54, 1.807) is 19.1 Å². The summed E-state index contributed by atoms with van der Waals surface area (Å²) in [6.07, 6.45) is 1.41. The van der Waals surface area contributed by atoms with Gasteiger partial charge in [-0.25, -0.2) is 0 Å². The molecule has 0 aliphatic carbocycles. The first-order valence-electron chi connectivity index (χ1n) is 5.76. The highest BCUT2D eigenvalue weighted by Crippen LogP contribution is 2.30. The highest BCUT2D eigenvalue weighted by molar-refractivity contribution is 9.10. The van der Waals surface area contributed by atoms with Crippen LogP contribution in [0.5, 0.6) is 0 Å². The summed E-state index contributed by atoms with van der Waals surface area (Å²) in [5.74, 6) is -0.503. The van der Waals surface area contributed by atoms with Crippen molar-refractivity contribution < 1.29 is 9.72 Å². The quantitative estimate of drug-likeness (QED) is 0.654. The van der Waals surface area contributed by atoms with Gasteiger partial charge in [-0.1, -0.05) is 11.6 Å². The number of hydrogen-bond acceptors (Lipinski definition) is 4. The number of pyridine rings is 1. The number of rotatable bonds is 3. The zero-order valence-electron chi connectivity index (χ0n) is 10.8. The lowest BCUT2D eigenvalue weighted by molar-refractivity contribution is -0.385. The van der Waals surface area contributed by atoms with E-state index >= 15 is 0 Å². The van der Waals surface area contributed by atoms with E-state index < -0.39 is 10.8 Å². The van der Waals surface area contributed by atoms with Gasteiger partial charge in [0.1, 0.15) is 5.69 Å². The maximum absolute atomic E-state index is 12.1. The van der Waals surface area contributed by atoms with E-state index in [1.807, 2.05) is 0 Å². The zero-order chi connectivity index (χ0) is 15.6. The van der Waals surface area contributed by atoms with Gasteiger partial charge in [-0.3, -0.25) is 19.9 Å². The van der Waals surface area contributed by atoms with Gasteiger partial charge in [-0.2, -0.15) is 0 Å². The fraction of sp³-hybridized carbons (Fsp3) is 0.0769. The number of benzene rings is 1. The van der Waals surface area contributed by atoms with Crippen LogP contribution in [0.1, 0.15) is 16.1 Å². The molecule has 0 fully saturated rings. The smallest absolute Gasteiger partial charge is 0.274 e. The molecule has 0 saturated heterocycles. The molecule has 8 heteroatoms. The van der Waals surface area contributed by atoms with Gasteiger partial charge in [-0.05, 0) is 41.1 Å². The number of nitro benzene ring substituents is 1. The van der Waals surface area contributed by atoms with Crippen molar-refractivity contribution in [2.45, 2.75) is 6.92 Å². The van der Waals surface area contributed by atoms with E-state index in [4.69, 9.17) is 11.6 Å². The number of carbonyl (C=O) groups excluding carboxylic acids is 1. The second kappa shape index (κ2) is 6.19. The molecule has 0 unspecified atom stereocenters. The third-order valence-electron chi connectivity index (χ3n) is 2.69. The summed E-state index contributed by atoms with van der Waals surface area (Å²) in [6.45, 7) is 1.62. The van der Waals surface area contributed by atoms with Gasteiger partial charge in [0.15, 0.2) is 0 Å². The molecule has 0 spiro atoms. The van der Waals surface area contributed by atoms with Gasteiger partial charge in [0.2, 0.25) is 0 Å². The third kappa shape index (κ3) is 3.56. The van der Waals surface area contributed by atoms with Crippen LogP contribution in [-0.2, 0) is 0 Å². The molecule has 2 aromatic rings. The highest BCUT2D eigenvalue weighted by Gasteiger charge is 2.17. The van der Waals surface area contributed by atoms with Crippen molar-refractivity contribution in [2.75, 3.05) is 5.32 Å². The van der Waals surface area contributed by atoms with E-state index in [9.17, 15) is 14.9 Å². The van der Waals surface area contributed by atoms with Gasteiger partial charge in [0.25, 0.3) is 11.6 Å². The predicted octanol–water partition coefficient (Wildman–Crippen LogP) is 3.97. The molecule has 1 amide bonds. The second-order valence-electron chi connectivity index (χ2n) is 4.19. The Balaban J connectivity index is 2.33. The number of aromatic nitrogens is 1. The second-order valence-corrected chi connectivity index (χ2v) is 5.48. The number of hydrogen-bond donors (Lipinski definition) is 1. The van der Waals surface area contributed by atoms with Crippen molar-refractivity contribution in [2.24, 2.45) is 0 Å². The summed E-state index contributed by atoms with van der Waals surface area (Å²) >= 11 is 9.05. The van der Waals surface area contributed by atoms with Crippen molar-refractivity contribution in [3.63, 3.8) is 0 Å². The first-order valence-corrected chi connectivity index (χ1v) is 6.93. The average molecular weight is 371 g/mol. The van der Waals surface area contributed by atoms with Gasteiger partial charge >= 0.3 is 0 Å². The molecule has 0 atom stereocenters. The third-order valence-corrected chi connectivity index (χ3v) is 3.58. The predicted molar refractivity (Wildman–Crippen MR) is 82.7 cm³/mol. The van der Waals surface area contributed by atoms with Crippen LogP contribution in [0.4, 0.5) is 11.4 Å². The molecule has 1 N–H and O–H groups in total. The molecule has 2 rings (SSSR count). The minimum absolute atomic E-state index is 0.0763. The first kappa shape index (κ1) is 15.4. The minimum Gasteiger partial charge on any atom is -0.319 e. The number of nitrogens with zero attached hydrogens (tertiary/aromatic N) is 2. The minimum atomic E-state index is -0.505. The molecular formula is C13H9BrClN3O3. The molecule has 0 aliphatic heterocycles. The van der Waals surface area contributed by atoms with Crippen molar-refractivity contribution in [1.82, 2.24) is 4.98 Å². The topological polar surface area (TPSA) is 85.1 Å². The molecule has 1 aromatic carbocycles. The number of anilines is 1. The van der Waals surface area contributed by atoms with Crippen molar-refractivity contribution in [1.29, 1.82) is 0 Å². The SMILES string of the molecule is Cc1cc(Br)c(NC(=O)c2cc(Cl)ccn2)cc1[N+](=O)[O-]. The molecule has 0 radical (unpaired) electrons. The van der Waals surface area contributed by atoms with Crippen molar-refractivity contribution in [3.05, 3.63) is 61.3 Å². The molecule has 1 heterocycles. The Labute approximate surface area is 133 Å². The Morgan fingerprint density at radius 1 is 1.43 bits per heavy atom. The molecule has 0 saturated carbocycles. The highest BCUT2D eigenvalue weighted by atomic mass is 79.9. The summed E-state index contributed by atoms with van der Waals surface area (Å²) in [7, 11) is 0. The summed E-state index contributed by atoms with van der Waals surface area (Å²) in [6, 6.07) is 5.82. The molecule has 21 heavy (non-hydrogen) atoms. The lowest BCUT2D eigenvalue weighted by atomic mass is 10.2. The van der Waals surface area contributed by atoms with E-state index in [-0.39, 0.29) is 11.4 Å². The van der Waals surface area contributed by atoms with E-state index in [0.29, 0.717) is 20.7 Å². The van der Waals surface area contributed by atoms with E-state index in [1.165, 1.54) is 18.3 Å². The largest absolute Gasteiger partial charge is 0.319 e. The standard InChI is InChI=1S/C13H9BrClN3O3/c1-7-4-9(14)10(6-12(7)18(20)21)17-13(19)11-5-8(15)2-3-16-11/h2-6H,1H3,(H,17,19). The van der Waals surface area contributed by atoms with Gasteiger partial charge in [0.05, 0.1) is 10.6 Å². The monoisotopic (exact) mass is 369 g/mol. The van der Waals surface area contributed by atoms with E-state index in [0.717, 1.165) is 0 Å². The molecule has 0 bridgehead atoms. The fourth-order valence-corrected chi connectivity index (χ4v) is 2.39. The van der Waals surface area contributed by atoms with Crippen LogP contribution in [-0.4, -0.2) is 15.8 Å². The molecular weight excluding hydrogens is 362 g/mol. The van der Waals surface area contributed by atoms with Crippen molar-refractivity contribution >= 4 is 44.8 Å². The maximum Gasteiger partial charge on any atom is 0.274 e. The van der Waals surface area contributed by atoms with Crippen LogP contribution in [0, 0.1) is 17.0 Å². The Morgan fingerprint density at radius 3 is 2.76 bits per heavy atom. The number of nitro groups is 1. The normalized spacial score (nSPS) is 10.2. The average Bonchev–Trinajstić information content (AvgIpc) is 2.41. The molecule has 1 aromatic heterocycles. The van der Waals surface area contributed by atoms with Crippen molar-refractivity contribution in [3.8, 4) is 0 Å². The van der Waals surface area contributed by atoms with Crippen LogP contribution in [0.3, 0.4) is 0 Å². The van der Waals surface area contributed by atoms with Crippen LogP contribution in [0.15, 0.2) is 34.9 Å². The summed E-state index contributed by atoms with van der Waals surface area (Å²) in [5, 5.41) is 13.9. The maximum atomic E-state index is 12.1. The number of amides is 1. The van der Waals surface area contributed by atoms with Crippen LogP contribution in [0.2, 0.25) is 5.02 Å². The first-order chi connectivity index (χ1) is 9.88. The summed E-state index contributed by atoms with van der Waals surface area (Å²) < 4.78 is 0.543. The summed E-state index contributed by atoms with van der Waals surface area (Å²) in [5.41, 5.74) is 0.829. The van der Waals surface area contributed by atoms with E-state index in [2.05, 4.69) is 26.2 Å². The number of carbonyl (C=O) groups is 1. The number of halogens is 2. The lowest BCUT2D eigenvalue weighted by Gasteiger charge is -2.08. The fourth-order valence-electron chi connectivity index (χ4n) is 1.67. The van der Waals surface area contributed by atoms with Gasteiger partial charge in [-0.15, -0.1) is 0 Å². The summed E-state index contributed by atoms with van der Waals surface area (Å²) in [4.78, 5) is 26.4. The molecule has 108 valence electrons. The number of nitrogens with one attached hydrogen (secondary N) is 1. The zero-order valence-corrected chi connectivity index (χ0v) is 13.1. The lowest BCUT2D eigenvalue weighted by Crippen LogP contribution is -2.14. The molecule has 0 aliphatic rings. The Hall–Kier alpha value is -1.99. The number of aryl methyl sites for hydroxylation is 1. The Kier molecular flexibility index (Phi) is 4.54. The van der Waals surface area contributed by atoms with Crippen LogP contribution < -0.4 is 5.32 Å². The Bertz CT molecular complexity index is 737. The van der Waals surface area contributed by atoms with Crippen LogP contribution >= 0.6 is 27.5 Å². The van der Waals surface area contributed by atoms with Gasteiger partial charge in [0, 0.05) is 27.3 Å².